The van der Waals surface area contributed by atoms with Crippen LogP contribution in [0.3, 0.4) is 0 Å². The molecule has 0 fully saturated rings. The Morgan fingerprint density at radius 1 is 1.23 bits per heavy atom. The van der Waals surface area contributed by atoms with E-state index in [9.17, 15) is 10.1 Å². The first-order chi connectivity index (χ1) is 10.7. The highest BCUT2D eigenvalue weighted by molar-refractivity contribution is 6.31. The zero-order valence-electron chi connectivity index (χ0n) is 11.4. The van der Waals surface area contributed by atoms with E-state index < -0.39 is 0 Å². The Labute approximate surface area is 131 Å². The summed E-state index contributed by atoms with van der Waals surface area (Å²) >= 11 is 5.93. The van der Waals surface area contributed by atoms with E-state index in [0.717, 1.165) is 5.56 Å². The summed E-state index contributed by atoms with van der Waals surface area (Å²) in [6.45, 7) is 0. The first-order valence-electron chi connectivity index (χ1n) is 6.54. The number of H-pyrrole nitrogens is 1. The second-order valence-electron chi connectivity index (χ2n) is 4.66. The number of nitrogens with zero attached hydrogens (tertiary/aromatic N) is 2. The Morgan fingerprint density at radius 2 is 2.00 bits per heavy atom. The minimum absolute atomic E-state index is 0.228. The van der Waals surface area contributed by atoms with Gasteiger partial charge in [0, 0.05) is 5.02 Å². The molecule has 0 aliphatic heterocycles. The molecule has 0 radical (unpaired) electrons. The molecule has 0 atom stereocenters. The highest BCUT2D eigenvalue weighted by atomic mass is 35.5. The molecule has 1 N–H and O–H groups in total. The zero-order chi connectivity index (χ0) is 15.5. The van der Waals surface area contributed by atoms with Crippen LogP contribution in [-0.2, 0) is 0 Å². The van der Waals surface area contributed by atoms with E-state index in [-0.39, 0.29) is 17.0 Å². The van der Waals surface area contributed by atoms with Gasteiger partial charge in [-0.2, -0.15) is 5.26 Å². The molecule has 0 bridgehead atoms. The average Bonchev–Trinajstić information content (AvgIpc) is 2.53. The minimum Gasteiger partial charge on any atom is -0.305 e. The van der Waals surface area contributed by atoms with Crippen LogP contribution in [0.25, 0.3) is 22.6 Å². The lowest BCUT2D eigenvalue weighted by atomic mass is 10.1. The van der Waals surface area contributed by atoms with Crippen LogP contribution >= 0.6 is 11.6 Å². The van der Waals surface area contributed by atoms with Gasteiger partial charge >= 0.3 is 0 Å². The summed E-state index contributed by atoms with van der Waals surface area (Å²) in [6.07, 6.45) is 1.68. The number of hydrogen-bond acceptors (Lipinski definition) is 3. The molecular weight excluding hydrogens is 298 g/mol. The van der Waals surface area contributed by atoms with Gasteiger partial charge in [-0.3, -0.25) is 4.79 Å². The summed E-state index contributed by atoms with van der Waals surface area (Å²) in [4.78, 5) is 19.1. The van der Waals surface area contributed by atoms with Crippen LogP contribution in [-0.4, -0.2) is 9.97 Å². The molecule has 106 valence electrons. The van der Waals surface area contributed by atoms with Gasteiger partial charge in [-0.1, -0.05) is 41.9 Å². The third-order valence-electron chi connectivity index (χ3n) is 3.15. The van der Waals surface area contributed by atoms with Crippen molar-refractivity contribution in [1.82, 2.24) is 9.97 Å². The van der Waals surface area contributed by atoms with Crippen molar-refractivity contribution in [3.05, 3.63) is 75.3 Å². The number of benzene rings is 2. The number of rotatable bonds is 2. The number of allylic oxidation sites excluding steroid dienone is 1. The van der Waals surface area contributed by atoms with Crippen LogP contribution in [0.5, 0.6) is 0 Å². The zero-order valence-corrected chi connectivity index (χ0v) is 12.1. The molecule has 1 heterocycles. The second-order valence-corrected chi connectivity index (χ2v) is 5.09. The molecule has 0 spiro atoms. The standard InChI is InChI=1S/C17H10ClN3O/c18-13-6-7-14-15(9-13)20-16(21-17(14)22)12(10-19)8-11-4-2-1-3-5-11/h1-9H,(H,20,21,22)/b12-8-. The monoisotopic (exact) mass is 307 g/mol. The number of aromatic nitrogens is 2. The first kappa shape index (κ1) is 14.1. The molecule has 3 rings (SSSR count). The van der Waals surface area contributed by atoms with Crippen molar-refractivity contribution in [3.63, 3.8) is 0 Å². The molecule has 0 saturated carbocycles. The van der Waals surface area contributed by atoms with Gasteiger partial charge in [-0.15, -0.1) is 0 Å². The summed E-state index contributed by atoms with van der Waals surface area (Å²) < 4.78 is 0. The Balaban J connectivity index is 2.18. The van der Waals surface area contributed by atoms with Gasteiger partial charge in [0.25, 0.3) is 5.56 Å². The highest BCUT2D eigenvalue weighted by Gasteiger charge is 2.08. The third kappa shape index (κ3) is 2.76. The molecule has 5 heteroatoms. The molecule has 4 nitrogen and oxygen atoms in total. The molecule has 0 amide bonds. The van der Waals surface area contributed by atoms with Crippen molar-refractivity contribution in [3.8, 4) is 6.07 Å². The van der Waals surface area contributed by atoms with E-state index in [2.05, 4.69) is 16.0 Å². The van der Waals surface area contributed by atoms with Crippen molar-refractivity contribution in [1.29, 1.82) is 5.26 Å². The lowest BCUT2D eigenvalue weighted by molar-refractivity contribution is 1.13. The fourth-order valence-corrected chi connectivity index (χ4v) is 2.28. The fraction of sp³-hybridized carbons (Fsp3) is 0. The number of halogens is 1. The summed E-state index contributed by atoms with van der Waals surface area (Å²) in [5.74, 6) is 0.228. The van der Waals surface area contributed by atoms with Crippen LogP contribution in [0.15, 0.2) is 53.3 Å². The van der Waals surface area contributed by atoms with Crippen molar-refractivity contribution < 1.29 is 0 Å². The van der Waals surface area contributed by atoms with E-state index in [0.29, 0.717) is 15.9 Å². The van der Waals surface area contributed by atoms with Crippen molar-refractivity contribution >= 4 is 34.2 Å². The fourth-order valence-electron chi connectivity index (χ4n) is 2.11. The largest absolute Gasteiger partial charge is 0.305 e. The minimum atomic E-state index is -0.300. The van der Waals surface area contributed by atoms with Gasteiger partial charge in [0.2, 0.25) is 0 Å². The first-order valence-corrected chi connectivity index (χ1v) is 6.92. The Bertz CT molecular complexity index is 969. The number of nitriles is 1. The second kappa shape index (κ2) is 5.84. The van der Waals surface area contributed by atoms with Crippen molar-refractivity contribution in [2.75, 3.05) is 0 Å². The van der Waals surface area contributed by atoms with Crippen LogP contribution in [0.4, 0.5) is 0 Å². The smallest absolute Gasteiger partial charge is 0.259 e. The van der Waals surface area contributed by atoms with Crippen molar-refractivity contribution in [2.24, 2.45) is 0 Å². The Hall–Kier alpha value is -2.90. The molecule has 22 heavy (non-hydrogen) atoms. The molecule has 0 saturated heterocycles. The number of nitrogens with one attached hydrogen (secondary N) is 1. The van der Waals surface area contributed by atoms with E-state index in [1.165, 1.54) is 0 Å². The maximum absolute atomic E-state index is 12.1. The summed E-state index contributed by atoms with van der Waals surface area (Å²) in [6, 6.07) is 16.3. The quantitative estimate of drug-likeness (QED) is 0.735. The van der Waals surface area contributed by atoms with Gasteiger partial charge < -0.3 is 4.98 Å². The van der Waals surface area contributed by atoms with Gasteiger partial charge in [-0.05, 0) is 29.8 Å². The molecule has 0 aliphatic carbocycles. The van der Waals surface area contributed by atoms with Crippen LogP contribution in [0, 0.1) is 11.3 Å². The molecule has 0 aliphatic rings. The topological polar surface area (TPSA) is 69.5 Å². The lowest BCUT2D eigenvalue weighted by Gasteiger charge is -2.02. The van der Waals surface area contributed by atoms with E-state index >= 15 is 0 Å². The summed E-state index contributed by atoms with van der Waals surface area (Å²) in [5, 5.41) is 10.3. The molecule has 0 unspecified atom stereocenters. The third-order valence-corrected chi connectivity index (χ3v) is 3.39. The highest BCUT2D eigenvalue weighted by Crippen LogP contribution is 2.18. The SMILES string of the molecule is N#C/C(=C/c1ccccc1)c1nc2cc(Cl)ccc2c(=O)[nH]1. The van der Waals surface area contributed by atoms with Gasteiger partial charge in [0.1, 0.15) is 6.07 Å². The summed E-state index contributed by atoms with van der Waals surface area (Å²) in [7, 11) is 0. The van der Waals surface area contributed by atoms with E-state index in [4.69, 9.17) is 11.6 Å². The normalized spacial score (nSPS) is 11.4. The van der Waals surface area contributed by atoms with E-state index in [1.54, 1.807) is 24.3 Å². The van der Waals surface area contributed by atoms with Gasteiger partial charge in [-0.25, -0.2) is 4.98 Å². The predicted octanol–water partition coefficient (Wildman–Crippen LogP) is 3.64. The maximum atomic E-state index is 12.1. The number of fused-ring (bicyclic) bond motifs is 1. The predicted molar refractivity (Wildman–Crippen MR) is 87.3 cm³/mol. The van der Waals surface area contributed by atoms with Crippen LogP contribution < -0.4 is 5.56 Å². The summed E-state index contributed by atoms with van der Waals surface area (Å²) in [5.41, 5.74) is 1.30. The average molecular weight is 308 g/mol. The van der Waals surface area contributed by atoms with E-state index in [1.807, 2.05) is 30.3 Å². The molecule has 1 aromatic heterocycles. The Kier molecular flexibility index (Phi) is 3.73. The number of hydrogen-bond donors (Lipinski definition) is 1. The Morgan fingerprint density at radius 3 is 2.73 bits per heavy atom. The van der Waals surface area contributed by atoms with Crippen molar-refractivity contribution in [2.45, 2.75) is 0 Å². The molecule has 3 aromatic rings. The molecular formula is C17H10ClN3O. The molecule has 2 aromatic carbocycles. The van der Waals surface area contributed by atoms with Gasteiger partial charge in [0.05, 0.1) is 16.5 Å². The van der Waals surface area contributed by atoms with Crippen LogP contribution in [0.1, 0.15) is 11.4 Å². The number of aromatic amines is 1. The maximum Gasteiger partial charge on any atom is 0.259 e. The van der Waals surface area contributed by atoms with Crippen LogP contribution in [0.2, 0.25) is 5.02 Å². The van der Waals surface area contributed by atoms with Gasteiger partial charge in [0.15, 0.2) is 5.82 Å². The lowest BCUT2D eigenvalue weighted by Crippen LogP contribution is -2.11.